The third-order valence-electron chi connectivity index (χ3n) is 4.12. The van der Waals surface area contributed by atoms with Gasteiger partial charge in [-0.2, -0.15) is 0 Å². The van der Waals surface area contributed by atoms with Gasteiger partial charge in [-0.05, 0) is 61.5 Å². The molecule has 0 saturated carbocycles. The first kappa shape index (κ1) is 20.0. The van der Waals surface area contributed by atoms with Gasteiger partial charge >= 0.3 is 0 Å². The lowest BCUT2D eigenvalue weighted by Crippen LogP contribution is -2.30. The van der Waals surface area contributed by atoms with Crippen LogP contribution in [0.1, 0.15) is 32.5 Å². The van der Waals surface area contributed by atoms with E-state index in [0.717, 1.165) is 4.88 Å². The quantitative estimate of drug-likeness (QED) is 0.580. The summed E-state index contributed by atoms with van der Waals surface area (Å²) in [6.45, 7) is 2.92. The highest BCUT2D eigenvalue weighted by atomic mass is 35.5. The molecule has 0 atom stereocenters. The standard InChI is InChI=1S/C21H18ClFN2O2S/c1-2-25(13-18-10-11-19(22)28-18)21(27)15-4-3-5-17(12-15)24-20(26)14-6-8-16(23)9-7-14/h3-12H,2,13H2,1H3,(H,24,26). The molecule has 0 spiro atoms. The van der Waals surface area contributed by atoms with Gasteiger partial charge in [0, 0.05) is 28.2 Å². The van der Waals surface area contributed by atoms with E-state index in [9.17, 15) is 14.0 Å². The minimum absolute atomic E-state index is 0.134. The highest BCUT2D eigenvalue weighted by Crippen LogP contribution is 2.23. The summed E-state index contributed by atoms with van der Waals surface area (Å²) in [5.41, 5.74) is 1.31. The fourth-order valence-electron chi connectivity index (χ4n) is 2.67. The summed E-state index contributed by atoms with van der Waals surface area (Å²) in [4.78, 5) is 27.9. The van der Waals surface area contributed by atoms with Crippen LogP contribution in [0.25, 0.3) is 0 Å². The monoisotopic (exact) mass is 416 g/mol. The predicted octanol–water partition coefficient (Wildman–Crippen LogP) is 5.46. The molecule has 0 fully saturated rings. The fraction of sp³-hybridized carbons (Fsp3) is 0.143. The second-order valence-electron chi connectivity index (χ2n) is 6.07. The first-order valence-corrected chi connectivity index (χ1v) is 9.86. The second-order valence-corrected chi connectivity index (χ2v) is 7.87. The van der Waals surface area contributed by atoms with Crippen LogP contribution < -0.4 is 5.32 Å². The van der Waals surface area contributed by atoms with Crippen molar-refractivity contribution in [2.24, 2.45) is 0 Å². The number of thiophene rings is 1. The maximum absolute atomic E-state index is 13.0. The number of nitrogens with one attached hydrogen (secondary N) is 1. The van der Waals surface area contributed by atoms with E-state index in [4.69, 9.17) is 11.6 Å². The molecule has 2 amide bonds. The number of rotatable bonds is 6. The molecule has 0 saturated heterocycles. The molecule has 2 aromatic carbocycles. The topological polar surface area (TPSA) is 49.4 Å². The van der Waals surface area contributed by atoms with E-state index in [0.29, 0.717) is 34.2 Å². The SMILES string of the molecule is CCN(Cc1ccc(Cl)s1)C(=O)c1cccc(NC(=O)c2ccc(F)cc2)c1. The third kappa shape index (κ3) is 4.97. The van der Waals surface area contributed by atoms with E-state index >= 15 is 0 Å². The zero-order valence-electron chi connectivity index (χ0n) is 15.1. The normalized spacial score (nSPS) is 10.5. The third-order valence-corrected chi connectivity index (χ3v) is 5.33. The van der Waals surface area contributed by atoms with Crippen molar-refractivity contribution in [2.45, 2.75) is 13.5 Å². The van der Waals surface area contributed by atoms with Crippen LogP contribution in [0.3, 0.4) is 0 Å². The largest absolute Gasteiger partial charge is 0.334 e. The highest BCUT2D eigenvalue weighted by Gasteiger charge is 2.16. The van der Waals surface area contributed by atoms with Crippen LogP contribution in [-0.2, 0) is 6.54 Å². The van der Waals surface area contributed by atoms with Crippen molar-refractivity contribution >= 4 is 40.4 Å². The Labute approximate surface area is 171 Å². The van der Waals surface area contributed by atoms with Gasteiger partial charge in [0.25, 0.3) is 11.8 Å². The molecule has 0 aliphatic heterocycles. The molecule has 0 radical (unpaired) electrons. The molecule has 1 aromatic heterocycles. The lowest BCUT2D eigenvalue weighted by molar-refractivity contribution is 0.0754. The van der Waals surface area contributed by atoms with Crippen molar-refractivity contribution < 1.29 is 14.0 Å². The number of hydrogen-bond donors (Lipinski definition) is 1. The van der Waals surface area contributed by atoms with Crippen LogP contribution in [0.2, 0.25) is 4.34 Å². The van der Waals surface area contributed by atoms with Gasteiger partial charge in [-0.15, -0.1) is 11.3 Å². The Morgan fingerprint density at radius 1 is 1.07 bits per heavy atom. The number of hydrogen-bond acceptors (Lipinski definition) is 3. The number of nitrogens with zero attached hydrogens (tertiary/aromatic N) is 1. The Bertz CT molecular complexity index is 988. The van der Waals surface area contributed by atoms with E-state index < -0.39 is 5.82 Å². The number of halogens is 2. The molecule has 3 aromatic rings. The molecular formula is C21H18ClFN2O2S. The summed E-state index contributed by atoms with van der Waals surface area (Å²) >= 11 is 7.41. The number of anilines is 1. The predicted molar refractivity (Wildman–Crippen MR) is 111 cm³/mol. The van der Waals surface area contributed by atoms with Gasteiger partial charge in [-0.25, -0.2) is 4.39 Å². The van der Waals surface area contributed by atoms with Crippen molar-refractivity contribution in [1.82, 2.24) is 4.90 Å². The number of carbonyl (C=O) groups excluding carboxylic acids is 2. The molecule has 1 N–H and O–H groups in total. The minimum Gasteiger partial charge on any atom is -0.334 e. The molecule has 4 nitrogen and oxygen atoms in total. The van der Waals surface area contributed by atoms with Crippen LogP contribution in [0, 0.1) is 5.82 Å². The Balaban J connectivity index is 1.73. The van der Waals surface area contributed by atoms with Gasteiger partial charge < -0.3 is 10.2 Å². The highest BCUT2D eigenvalue weighted by molar-refractivity contribution is 7.16. The van der Waals surface area contributed by atoms with Gasteiger partial charge in [0.15, 0.2) is 0 Å². The van der Waals surface area contributed by atoms with Crippen LogP contribution in [0.15, 0.2) is 60.7 Å². The molecule has 1 heterocycles. The first-order chi connectivity index (χ1) is 13.5. The molecular weight excluding hydrogens is 399 g/mol. The van der Waals surface area contributed by atoms with Gasteiger partial charge in [0.1, 0.15) is 5.82 Å². The van der Waals surface area contributed by atoms with Crippen molar-refractivity contribution in [3.8, 4) is 0 Å². The van der Waals surface area contributed by atoms with E-state index in [1.165, 1.54) is 35.6 Å². The Kier molecular flexibility index (Phi) is 6.44. The van der Waals surface area contributed by atoms with Crippen molar-refractivity contribution in [3.05, 3.63) is 86.8 Å². The maximum atomic E-state index is 13.0. The van der Waals surface area contributed by atoms with E-state index in [1.54, 1.807) is 29.2 Å². The Morgan fingerprint density at radius 2 is 1.82 bits per heavy atom. The molecule has 144 valence electrons. The zero-order valence-corrected chi connectivity index (χ0v) is 16.7. The number of amides is 2. The van der Waals surface area contributed by atoms with Gasteiger partial charge in [0.05, 0.1) is 10.9 Å². The molecule has 0 unspecified atom stereocenters. The minimum atomic E-state index is -0.407. The second kappa shape index (κ2) is 8.99. The van der Waals surface area contributed by atoms with Crippen LogP contribution >= 0.6 is 22.9 Å². The van der Waals surface area contributed by atoms with Gasteiger partial charge in [-0.3, -0.25) is 9.59 Å². The number of carbonyl (C=O) groups is 2. The molecule has 0 aliphatic rings. The maximum Gasteiger partial charge on any atom is 0.255 e. The van der Waals surface area contributed by atoms with E-state index in [-0.39, 0.29) is 11.8 Å². The van der Waals surface area contributed by atoms with Crippen molar-refractivity contribution in [1.29, 1.82) is 0 Å². The average molecular weight is 417 g/mol. The van der Waals surface area contributed by atoms with Crippen molar-refractivity contribution in [2.75, 3.05) is 11.9 Å². The van der Waals surface area contributed by atoms with E-state index in [1.807, 2.05) is 19.1 Å². The average Bonchev–Trinajstić information content (AvgIpc) is 3.11. The summed E-state index contributed by atoms with van der Waals surface area (Å²) in [5, 5.41) is 2.74. The molecule has 28 heavy (non-hydrogen) atoms. The van der Waals surface area contributed by atoms with Crippen molar-refractivity contribution in [3.63, 3.8) is 0 Å². The van der Waals surface area contributed by atoms with Gasteiger partial charge in [0.2, 0.25) is 0 Å². The number of benzene rings is 2. The first-order valence-electron chi connectivity index (χ1n) is 8.66. The summed E-state index contributed by atoms with van der Waals surface area (Å²) in [5.74, 6) is -0.911. The Hall–Kier alpha value is -2.70. The van der Waals surface area contributed by atoms with Crippen LogP contribution in [0.5, 0.6) is 0 Å². The smallest absolute Gasteiger partial charge is 0.255 e. The summed E-state index contributed by atoms with van der Waals surface area (Å²) < 4.78 is 13.7. The summed E-state index contributed by atoms with van der Waals surface area (Å²) in [6.07, 6.45) is 0. The lowest BCUT2D eigenvalue weighted by atomic mass is 10.1. The molecule has 3 rings (SSSR count). The fourth-order valence-corrected chi connectivity index (χ4v) is 3.77. The lowest BCUT2D eigenvalue weighted by Gasteiger charge is -2.20. The summed E-state index contributed by atoms with van der Waals surface area (Å²) in [6, 6.07) is 15.7. The van der Waals surface area contributed by atoms with Gasteiger partial charge in [-0.1, -0.05) is 17.7 Å². The summed E-state index contributed by atoms with van der Waals surface area (Å²) in [7, 11) is 0. The molecule has 0 aliphatic carbocycles. The van der Waals surface area contributed by atoms with Crippen LogP contribution in [0.4, 0.5) is 10.1 Å². The molecule has 7 heteroatoms. The molecule has 0 bridgehead atoms. The van der Waals surface area contributed by atoms with E-state index in [2.05, 4.69) is 5.32 Å². The zero-order chi connectivity index (χ0) is 20.1. The van der Waals surface area contributed by atoms with Crippen LogP contribution in [-0.4, -0.2) is 23.3 Å². The Morgan fingerprint density at radius 3 is 2.46 bits per heavy atom.